The maximum Gasteiger partial charge on any atom is 0.237 e. The van der Waals surface area contributed by atoms with Gasteiger partial charge in [0.1, 0.15) is 0 Å². The van der Waals surface area contributed by atoms with Gasteiger partial charge < -0.3 is 10.2 Å². The molecule has 0 aromatic heterocycles. The summed E-state index contributed by atoms with van der Waals surface area (Å²) in [6.07, 6.45) is 1.09. The molecule has 0 bridgehead atoms. The molecule has 1 rings (SSSR count). The smallest absolute Gasteiger partial charge is 0.237 e. The predicted octanol–water partition coefficient (Wildman–Crippen LogP) is -1.27. The molecule has 1 N–H and O–H groups in total. The first kappa shape index (κ1) is 15.6. The van der Waals surface area contributed by atoms with Crippen LogP contribution in [0.1, 0.15) is 0 Å². The van der Waals surface area contributed by atoms with Gasteiger partial charge >= 0.3 is 0 Å². The van der Waals surface area contributed by atoms with E-state index in [0.717, 1.165) is 23.7 Å². The minimum Gasteiger partial charge on any atom is -0.339 e. The van der Waals surface area contributed by atoms with Gasteiger partial charge in [0.25, 0.3) is 0 Å². The first-order valence-electron chi connectivity index (χ1n) is 4.70. The second kappa shape index (κ2) is 5.81. The highest BCUT2D eigenvalue weighted by Crippen LogP contribution is 2.03. The molecule has 1 heterocycles. The van der Waals surface area contributed by atoms with Crippen molar-refractivity contribution in [2.75, 3.05) is 40.0 Å². The average Bonchev–Trinajstić information content (AvgIpc) is 1.98. The molecule has 96 valence electrons. The highest BCUT2D eigenvalue weighted by Gasteiger charge is 2.26. The van der Waals surface area contributed by atoms with Crippen molar-refractivity contribution >= 4 is 28.3 Å². The fourth-order valence-electron chi connectivity index (χ4n) is 1.17. The summed E-state index contributed by atoms with van der Waals surface area (Å²) in [5.74, 6) is -0.172. The van der Waals surface area contributed by atoms with Crippen molar-refractivity contribution in [1.29, 1.82) is 0 Å². The van der Waals surface area contributed by atoms with E-state index in [1.807, 2.05) is 0 Å². The lowest BCUT2D eigenvalue weighted by atomic mass is 10.1. The SMILES string of the molecule is CN(C(=O)CN(C)S(C)(=O)=O)C1CNC1.Cl. The summed E-state index contributed by atoms with van der Waals surface area (Å²) in [4.78, 5) is 13.2. The van der Waals surface area contributed by atoms with Crippen LogP contribution in [-0.2, 0) is 14.8 Å². The van der Waals surface area contributed by atoms with Crippen molar-refractivity contribution in [3.63, 3.8) is 0 Å². The van der Waals surface area contributed by atoms with Gasteiger partial charge in [-0.3, -0.25) is 4.79 Å². The Morgan fingerprint density at radius 1 is 1.38 bits per heavy atom. The minimum absolute atomic E-state index is 0. The van der Waals surface area contributed by atoms with E-state index >= 15 is 0 Å². The number of hydrogen-bond donors (Lipinski definition) is 1. The van der Waals surface area contributed by atoms with Gasteiger partial charge in [0.2, 0.25) is 15.9 Å². The second-order valence-corrected chi connectivity index (χ2v) is 5.93. The fourth-order valence-corrected chi connectivity index (χ4v) is 1.52. The third-order valence-corrected chi connectivity index (χ3v) is 3.89. The van der Waals surface area contributed by atoms with Crippen LogP contribution in [0.2, 0.25) is 0 Å². The van der Waals surface area contributed by atoms with Gasteiger partial charge in [-0.15, -0.1) is 12.4 Å². The molecule has 0 saturated carbocycles. The van der Waals surface area contributed by atoms with E-state index < -0.39 is 10.0 Å². The zero-order valence-corrected chi connectivity index (χ0v) is 11.3. The summed E-state index contributed by atoms with van der Waals surface area (Å²) >= 11 is 0. The Bertz CT molecular complexity index is 342. The van der Waals surface area contributed by atoms with Crippen molar-refractivity contribution in [3.8, 4) is 0 Å². The Kier molecular flexibility index (Phi) is 5.67. The molecule has 0 aromatic carbocycles. The third-order valence-electron chi connectivity index (χ3n) is 2.63. The lowest BCUT2D eigenvalue weighted by molar-refractivity contribution is -0.132. The number of hydrogen-bond acceptors (Lipinski definition) is 4. The highest BCUT2D eigenvalue weighted by atomic mass is 35.5. The molecule has 1 fully saturated rings. The number of rotatable bonds is 4. The summed E-state index contributed by atoms with van der Waals surface area (Å²) in [7, 11) is -0.174. The normalized spacial score (nSPS) is 16.5. The van der Waals surface area contributed by atoms with E-state index in [1.165, 1.54) is 7.05 Å². The molecular weight excluding hydrogens is 254 g/mol. The van der Waals surface area contributed by atoms with Crippen molar-refractivity contribution < 1.29 is 13.2 Å². The zero-order chi connectivity index (χ0) is 11.6. The molecule has 1 aliphatic rings. The van der Waals surface area contributed by atoms with Crippen LogP contribution in [0.5, 0.6) is 0 Å². The maximum absolute atomic E-state index is 11.6. The standard InChI is InChI=1S/C8H17N3O3S.ClH/c1-10(15(3,13)14)6-8(12)11(2)7-4-9-5-7;/h7,9H,4-6H2,1-3H3;1H. The quantitative estimate of drug-likeness (QED) is 0.692. The predicted molar refractivity (Wildman–Crippen MR) is 64.1 cm³/mol. The van der Waals surface area contributed by atoms with Gasteiger partial charge in [-0.1, -0.05) is 0 Å². The number of nitrogens with one attached hydrogen (secondary N) is 1. The summed E-state index contributed by atoms with van der Waals surface area (Å²) in [5, 5.41) is 3.05. The van der Waals surface area contributed by atoms with Crippen molar-refractivity contribution in [1.82, 2.24) is 14.5 Å². The molecule has 0 aliphatic carbocycles. The number of amides is 1. The van der Waals surface area contributed by atoms with Crippen molar-refractivity contribution in [3.05, 3.63) is 0 Å². The zero-order valence-electron chi connectivity index (χ0n) is 9.63. The van der Waals surface area contributed by atoms with Crippen LogP contribution in [-0.4, -0.2) is 69.6 Å². The summed E-state index contributed by atoms with van der Waals surface area (Å²) in [6.45, 7) is 1.47. The van der Waals surface area contributed by atoms with Gasteiger partial charge in [-0.25, -0.2) is 8.42 Å². The highest BCUT2D eigenvalue weighted by molar-refractivity contribution is 7.88. The molecule has 0 unspecified atom stereocenters. The molecule has 8 heteroatoms. The van der Waals surface area contributed by atoms with Crippen molar-refractivity contribution in [2.24, 2.45) is 0 Å². The van der Waals surface area contributed by atoms with E-state index in [-0.39, 0.29) is 30.9 Å². The Balaban J connectivity index is 0.00000225. The van der Waals surface area contributed by atoms with E-state index in [2.05, 4.69) is 5.32 Å². The summed E-state index contributed by atoms with van der Waals surface area (Å²) < 4.78 is 23.2. The number of halogens is 1. The van der Waals surface area contributed by atoms with Crippen LogP contribution < -0.4 is 5.32 Å². The first-order valence-corrected chi connectivity index (χ1v) is 6.55. The van der Waals surface area contributed by atoms with Crippen LogP contribution >= 0.6 is 12.4 Å². The fraction of sp³-hybridized carbons (Fsp3) is 0.875. The van der Waals surface area contributed by atoms with Gasteiger partial charge in [0.05, 0.1) is 18.8 Å². The first-order chi connectivity index (χ1) is 6.82. The number of likely N-dealkylation sites (N-methyl/N-ethyl adjacent to an activating group) is 2. The topological polar surface area (TPSA) is 69.7 Å². The molecule has 1 aliphatic heterocycles. The molecule has 0 radical (unpaired) electrons. The van der Waals surface area contributed by atoms with Crippen LogP contribution in [0.15, 0.2) is 0 Å². The van der Waals surface area contributed by atoms with Crippen LogP contribution in [0.3, 0.4) is 0 Å². The van der Waals surface area contributed by atoms with Crippen LogP contribution in [0, 0.1) is 0 Å². The lowest BCUT2D eigenvalue weighted by Crippen LogP contribution is -2.58. The number of carbonyl (C=O) groups is 1. The Hall–Kier alpha value is -0.370. The average molecular weight is 272 g/mol. The van der Waals surface area contributed by atoms with E-state index in [0.29, 0.717) is 0 Å². The van der Waals surface area contributed by atoms with Crippen molar-refractivity contribution in [2.45, 2.75) is 6.04 Å². The monoisotopic (exact) mass is 271 g/mol. The lowest BCUT2D eigenvalue weighted by Gasteiger charge is -2.36. The summed E-state index contributed by atoms with van der Waals surface area (Å²) in [5.41, 5.74) is 0. The van der Waals surface area contributed by atoms with Gasteiger partial charge in [-0.05, 0) is 0 Å². The number of sulfonamides is 1. The largest absolute Gasteiger partial charge is 0.339 e. The molecule has 1 amide bonds. The van der Waals surface area contributed by atoms with Crippen LogP contribution in [0.25, 0.3) is 0 Å². The van der Waals surface area contributed by atoms with Gasteiger partial charge in [0, 0.05) is 27.2 Å². The molecular formula is C8H18ClN3O3S. The maximum atomic E-state index is 11.6. The van der Waals surface area contributed by atoms with E-state index in [1.54, 1.807) is 11.9 Å². The minimum atomic E-state index is -3.28. The number of nitrogens with zero attached hydrogens (tertiary/aromatic N) is 2. The molecule has 0 aromatic rings. The third kappa shape index (κ3) is 3.89. The van der Waals surface area contributed by atoms with Gasteiger partial charge in [0.15, 0.2) is 0 Å². The molecule has 0 atom stereocenters. The Morgan fingerprint density at radius 3 is 2.19 bits per heavy atom. The molecule has 1 saturated heterocycles. The Labute approximate surface area is 102 Å². The summed E-state index contributed by atoms with van der Waals surface area (Å²) in [6, 6.07) is 0.200. The van der Waals surface area contributed by atoms with Gasteiger partial charge in [-0.2, -0.15) is 4.31 Å². The second-order valence-electron chi connectivity index (χ2n) is 3.84. The Morgan fingerprint density at radius 2 is 1.88 bits per heavy atom. The molecule has 6 nitrogen and oxygen atoms in total. The molecule has 16 heavy (non-hydrogen) atoms. The van der Waals surface area contributed by atoms with E-state index in [4.69, 9.17) is 0 Å². The number of carbonyl (C=O) groups excluding carboxylic acids is 1. The van der Waals surface area contributed by atoms with E-state index in [9.17, 15) is 13.2 Å². The van der Waals surface area contributed by atoms with Crippen LogP contribution in [0.4, 0.5) is 0 Å². The molecule has 0 spiro atoms.